The highest BCUT2D eigenvalue weighted by Crippen LogP contribution is 2.32. The summed E-state index contributed by atoms with van der Waals surface area (Å²) in [7, 11) is 0. The van der Waals surface area contributed by atoms with Crippen molar-refractivity contribution < 1.29 is 13.6 Å². The van der Waals surface area contributed by atoms with E-state index in [0.717, 1.165) is 5.56 Å². The molecule has 0 bridgehead atoms. The lowest BCUT2D eigenvalue weighted by molar-refractivity contribution is -0.116. The largest absolute Gasteiger partial charge is 0.298 e. The minimum absolute atomic E-state index is 0.171. The van der Waals surface area contributed by atoms with E-state index in [0.29, 0.717) is 0 Å². The zero-order chi connectivity index (χ0) is 11.6. The number of carbonyl (C=O) groups excluding carboxylic acids is 1. The zero-order valence-electron chi connectivity index (χ0n) is 8.43. The van der Waals surface area contributed by atoms with Gasteiger partial charge >= 0.3 is 0 Å². The van der Waals surface area contributed by atoms with Crippen molar-refractivity contribution in [3.8, 4) is 0 Å². The third kappa shape index (κ3) is 2.75. The Morgan fingerprint density at radius 1 is 1.33 bits per heavy atom. The van der Waals surface area contributed by atoms with E-state index in [4.69, 9.17) is 11.6 Å². The van der Waals surface area contributed by atoms with E-state index in [-0.39, 0.29) is 16.9 Å². The van der Waals surface area contributed by atoms with E-state index >= 15 is 0 Å². The number of aryl methyl sites for hydroxylation is 1. The van der Waals surface area contributed by atoms with Crippen LogP contribution in [-0.2, 0) is 4.79 Å². The predicted octanol–water partition coefficient (Wildman–Crippen LogP) is 3.80. The molecule has 0 radical (unpaired) electrons. The Hall–Kier alpha value is -0.960. The summed E-state index contributed by atoms with van der Waals surface area (Å²) in [5.74, 6) is -0.329. The number of carbonyl (C=O) groups is 1. The van der Waals surface area contributed by atoms with Gasteiger partial charge in [0.25, 0.3) is 6.43 Å². The normalized spacial score (nSPS) is 12.9. The van der Waals surface area contributed by atoms with Crippen LogP contribution in [0.5, 0.6) is 0 Å². The van der Waals surface area contributed by atoms with E-state index in [1.807, 2.05) is 0 Å². The Morgan fingerprint density at radius 2 is 1.93 bits per heavy atom. The van der Waals surface area contributed by atoms with E-state index in [2.05, 4.69) is 0 Å². The van der Waals surface area contributed by atoms with Gasteiger partial charge in [0.2, 0.25) is 0 Å². The summed E-state index contributed by atoms with van der Waals surface area (Å²) in [5, 5.41) is -0.992. The molecule has 1 atom stereocenters. The molecule has 0 amide bonds. The summed E-state index contributed by atoms with van der Waals surface area (Å²) in [6.07, 6.45) is -2.61. The number of Topliss-reactive ketones (excluding diaryl/α,β-unsaturated/α-hetero) is 1. The zero-order valence-corrected chi connectivity index (χ0v) is 9.18. The number of hydrogen-bond donors (Lipinski definition) is 0. The number of rotatable bonds is 3. The minimum atomic E-state index is -2.61. The molecule has 0 aliphatic rings. The van der Waals surface area contributed by atoms with Gasteiger partial charge in [-0.05, 0) is 19.4 Å². The molecule has 0 N–H and O–H groups in total. The van der Waals surface area contributed by atoms with E-state index in [9.17, 15) is 13.6 Å². The fraction of sp³-hybridized carbons (Fsp3) is 0.364. The Bertz CT molecular complexity index is 377. The average Bonchev–Trinajstić information content (AvgIpc) is 2.15. The lowest BCUT2D eigenvalue weighted by atomic mass is 10.00. The van der Waals surface area contributed by atoms with Gasteiger partial charge in [-0.2, -0.15) is 0 Å². The van der Waals surface area contributed by atoms with Crippen molar-refractivity contribution in [2.24, 2.45) is 0 Å². The van der Waals surface area contributed by atoms with Crippen molar-refractivity contribution in [3.63, 3.8) is 0 Å². The molecular formula is C11H11ClF2O. The van der Waals surface area contributed by atoms with Crippen LogP contribution in [0, 0.1) is 6.92 Å². The van der Waals surface area contributed by atoms with E-state index < -0.39 is 11.8 Å². The molecule has 0 saturated carbocycles. The van der Waals surface area contributed by atoms with Crippen molar-refractivity contribution in [1.29, 1.82) is 0 Å². The molecule has 0 aromatic heterocycles. The number of hydrogen-bond acceptors (Lipinski definition) is 1. The summed E-state index contributed by atoms with van der Waals surface area (Å²) in [6, 6.07) is 4.42. The van der Waals surface area contributed by atoms with Gasteiger partial charge < -0.3 is 0 Å². The van der Waals surface area contributed by atoms with Crippen LogP contribution >= 0.6 is 11.6 Å². The lowest BCUT2D eigenvalue weighted by Crippen LogP contribution is -2.06. The van der Waals surface area contributed by atoms with Gasteiger partial charge in [-0.1, -0.05) is 23.8 Å². The van der Waals surface area contributed by atoms with Gasteiger partial charge in [-0.15, -0.1) is 11.6 Å². The highest BCUT2D eigenvalue weighted by atomic mass is 35.5. The Balaban J connectivity index is 3.24. The summed E-state index contributed by atoms with van der Waals surface area (Å²) >= 11 is 5.78. The van der Waals surface area contributed by atoms with Gasteiger partial charge in [0, 0.05) is 5.56 Å². The molecule has 0 aliphatic heterocycles. The van der Waals surface area contributed by atoms with Crippen molar-refractivity contribution in [2.75, 3.05) is 0 Å². The molecule has 0 spiro atoms. The third-order valence-corrected chi connectivity index (χ3v) is 2.65. The van der Waals surface area contributed by atoms with Crippen LogP contribution in [0.1, 0.15) is 35.4 Å². The standard InChI is InChI=1S/C11H11ClF2O/c1-6-3-4-8(11(13)14)9(5-6)10(12)7(2)15/h3-5,10-11H,1-2H3. The van der Waals surface area contributed by atoms with Crippen molar-refractivity contribution in [2.45, 2.75) is 25.7 Å². The molecule has 0 saturated heterocycles. The number of halogens is 3. The maximum atomic E-state index is 12.6. The Kier molecular flexibility index (Phi) is 3.80. The van der Waals surface area contributed by atoms with Crippen molar-refractivity contribution in [3.05, 3.63) is 34.9 Å². The van der Waals surface area contributed by atoms with Crippen LogP contribution in [0.15, 0.2) is 18.2 Å². The topological polar surface area (TPSA) is 17.1 Å². The van der Waals surface area contributed by atoms with Gasteiger partial charge in [0.1, 0.15) is 5.38 Å². The second-order valence-corrected chi connectivity index (χ2v) is 3.84. The first-order valence-electron chi connectivity index (χ1n) is 4.46. The predicted molar refractivity (Wildman–Crippen MR) is 55.4 cm³/mol. The maximum absolute atomic E-state index is 12.6. The second-order valence-electron chi connectivity index (χ2n) is 3.41. The SMILES string of the molecule is CC(=O)C(Cl)c1cc(C)ccc1C(F)F. The van der Waals surface area contributed by atoms with Crippen molar-refractivity contribution >= 4 is 17.4 Å². The fourth-order valence-electron chi connectivity index (χ4n) is 1.33. The quantitative estimate of drug-likeness (QED) is 0.725. The first kappa shape index (κ1) is 12.1. The van der Waals surface area contributed by atoms with Crippen LogP contribution < -0.4 is 0 Å². The molecule has 1 rings (SSSR count). The van der Waals surface area contributed by atoms with Crippen LogP contribution in [-0.4, -0.2) is 5.78 Å². The van der Waals surface area contributed by atoms with E-state index in [1.165, 1.54) is 19.1 Å². The van der Waals surface area contributed by atoms with Gasteiger partial charge in [0.15, 0.2) is 5.78 Å². The minimum Gasteiger partial charge on any atom is -0.298 e. The molecule has 1 aromatic rings. The van der Waals surface area contributed by atoms with Crippen LogP contribution in [0.2, 0.25) is 0 Å². The molecule has 4 heteroatoms. The molecular weight excluding hydrogens is 222 g/mol. The van der Waals surface area contributed by atoms with Crippen LogP contribution in [0.25, 0.3) is 0 Å². The maximum Gasteiger partial charge on any atom is 0.264 e. The number of ketones is 1. The summed E-state index contributed by atoms with van der Waals surface area (Å²) in [4.78, 5) is 11.1. The molecule has 0 heterocycles. The second kappa shape index (κ2) is 4.71. The summed E-state index contributed by atoms with van der Waals surface area (Å²) < 4.78 is 25.2. The molecule has 1 nitrogen and oxygen atoms in total. The monoisotopic (exact) mass is 232 g/mol. The fourth-order valence-corrected chi connectivity index (χ4v) is 1.52. The average molecular weight is 233 g/mol. The molecule has 15 heavy (non-hydrogen) atoms. The van der Waals surface area contributed by atoms with Crippen molar-refractivity contribution in [1.82, 2.24) is 0 Å². The van der Waals surface area contributed by atoms with Gasteiger partial charge in [-0.3, -0.25) is 4.79 Å². The molecule has 0 fully saturated rings. The number of benzene rings is 1. The summed E-state index contributed by atoms with van der Waals surface area (Å²) in [6.45, 7) is 3.05. The first-order valence-corrected chi connectivity index (χ1v) is 4.90. The molecule has 82 valence electrons. The van der Waals surface area contributed by atoms with Gasteiger partial charge in [0.05, 0.1) is 0 Å². The van der Waals surface area contributed by atoms with E-state index in [1.54, 1.807) is 13.0 Å². The lowest BCUT2D eigenvalue weighted by Gasteiger charge is -2.12. The molecule has 1 aromatic carbocycles. The molecule has 0 aliphatic carbocycles. The third-order valence-electron chi connectivity index (χ3n) is 2.11. The van der Waals surface area contributed by atoms with Gasteiger partial charge in [-0.25, -0.2) is 8.78 Å². The first-order chi connectivity index (χ1) is 6.93. The summed E-state index contributed by atoms with van der Waals surface area (Å²) in [5.41, 5.74) is 0.844. The highest BCUT2D eigenvalue weighted by molar-refractivity contribution is 6.30. The molecule has 1 unspecified atom stereocenters. The van der Waals surface area contributed by atoms with Crippen LogP contribution in [0.3, 0.4) is 0 Å². The smallest absolute Gasteiger partial charge is 0.264 e. The Labute approximate surface area is 92.1 Å². The Morgan fingerprint density at radius 3 is 2.40 bits per heavy atom. The highest BCUT2D eigenvalue weighted by Gasteiger charge is 2.21. The number of alkyl halides is 3. The van der Waals surface area contributed by atoms with Crippen LogP contribution in [0.4, 0.5) is 8.78 Å².